The van der Waals surface area contributed by atoms with Crippen LogP contribution in [0.25, 0.3) is 0 Å². The highest BCUT2D eigenvalue weighted by molar-refractivity contribution is 9.10. The van der Waals surface area contributed by atoms with Crippen LogP contribution in [0, 0.1) is 5.92 Å². The van der Waals surface area contributed by atoms with Crippen molar-refractivity contribution in [1.29, 1.82) is 0 Å². The van der Waals surface area contributed by atoms with Crippen molar-refractivity contribution in [3.8, 4) is 5.75 Å². The molecule has 2 amide bonds. The van der Waals surface area contributed by atoms with Gasteiger partial charge in [0.2, 0.25) is 5.91 Å². The summed E-state index contributed by atoms with van der Waals surface area (Å²) < 4.78 is 6.45. The van der Waals surface area contributed by atoms with Gasteiger partial charge in [0.25, 0.3) is 5.91 Å². The fraction of sp³-hybridized carbons (Fsp3) is 0.467. The summed E-state index contributed by atoms with van der Waals surface area (Å²) in [6, 6.07) is 7.37. The SMILES string of the molecule is CNC(=O)C1CCN(C(=O)COc2ccc(Br)cc2)CC1. The Bertz CT molecular complexity index is 496. The van der Waals surface area contributed by atoms with Gasteiger partial charge in [0.05, 0.1) is 0 Å². The molecule has 1 saturated heterocycles. The van der Waals surface area contributed by atoms with Crippen molar-refractivity contribution in [2.45, 2.75) is 12.8 Å². The fourth-order valence-corrected chi connectivity index (χ4v) is 2.63. The van der Waals surface area contributed by atoms with Crippen molar-refractivity contribution < 1.29 is 14.3 Å². The maximum Gasteiger partial charge on any atom is 0.260 e. The molecule has 1 aromatic carbocycles. The van der Waals surface area contributed by atoms with Crippen molar-refractivity contribution in [3.63, 3.8) is 0 Å². The topological polar surface area (TPSA) is 58.6 Å². The Morgan fingerprint density at radius 1 is 1.29 bits per heavy atom. The van der Waals surface area contributed by atoms with Gasteiger partial charge in [0.1, 0.15) is 5.75 Å². The van der Waals surface area contributed by atoms with Gasteiger partial charge < -0.3 is 15.0 Å². The molecule has 1 fully saturated rings. The lowest BCUT2D eigenvalue weighted by Gasteiger charge is -2.31. The lowest BCUT2D eigenvalue weighted by Crippen LogP contribution is -2.44. The summed E-state index contributed by atoms with van der Waals surface area (Å²) in [6.45, 7) is 1.26. The molecule has 0 saturated carbocycles. The highest BCUT2D eigenvalue weighted by atomic mass is 79.9. The quantitative estimate of drug-likeness (QED) is 0.896. The molecule has 0 atom stereocenters. The number of ether oxygens (including phenoxy) is 1. The van der Waals surface area contributed by atoms with Crippen molar-refractivity contribution in [2.75, 3.05) is 26.7 Å². The number of halogens is 1. The van der Waals surface area contributed by atoms with Gasteiger partial charge in [-0.3, -0.25) is 9.59 Å². The summed E-state index contributed by atoms with van der Waals surface area (Å²) in [4.78, 5) is 25.4. The summed E-state index contributed by atoms with van der Waals surface area (Å²) in [6.07, 6.45) is 1.42. The minimum atomic E-state index is -0.0340. The van der Waals surface area contributed by atoms with Crippen LogP contribution in [-0.4, -0.2) is 43.5 Å². The van der Waals surface area contributed by atoms with Crippen LogP contribution in [0.15, 0.2) is 28.7 Å². The van der Waals surface area contributed by atoms with Gasteiger partial charge in [-0.25, -0.2) is 0 Å². The minimum Gasteiger partial charge on any atom is -0.484 e. The smallest absolute Gasteiger partial charge is 0.260 e. The summed E-state index contributed by atoms with van der Waals surface area (Å²) in [5.74, 6) is 0.722. The van der Waals surface area contributed by atoms with Crippen molar-refractivity contribution >= 4 is 27.7 Å². The van der Waals surface area contributed by atoms with Crippen LogP contribution in [0.5, 0.6) is 5.75 Å². The van der Waals surface area contributed by atoms with E-state index in [1.807, 2.05) is 24.3 Å². The number of nitrogens with zero attached hydrogens (tertiary/aromatic N) is 1. The molecule has 0 aliphatic carbocycles. The Kier molecular flexibility index (Phi) is 5.61. The molecule has 1 aliphatic rings. The van der Waals surface area contributed by atoms with E-state index < -0.39 is 0 Å². The second kappa shape index (κ2) is 7.45. The lowest BCUT2D eigenvalue weighted by atomic mass is 9.96. The predicted octanol–water partition coefficient (Wildman–Crippen LogP) is 1.81. The first-order valence-electron chi connectivity index (χ1n) is 6.98. The Balaban J connectivity index is 1.77. The number of hydrogen-bond acceptors (Lipinski definition) is 3. The average Bonchev–Trinajstić information content (AvgIpc) is 2.53. The summed E-state index contributed by atoms with van der Waals surface area (Å²) in [5.41, 5.74) is 0. The van der Waals surface area contributed by atoms with Crippen LogP contribution in [0.2, 0.25) is 0 Å². The molecule has 21 heavy (non-hydrogen) atoms. The average molecular weight is 355 g/mol. The van der Waals surface area contributed by atoms with E-state index in [9.17, 15) is 9.59 Å². The highest BCUT2D eigenvalue weighted by Crippen LogP contribution is 2.18. The fourth-order valence-electron chi connectivity index (χ4n) is 2.36. The van der Waals surface area contributed by atoms with Crippen molar-refractivity contribution in [2.24, 2.45) is 5.92 Å². The molecule has 0 bridgehead atoms. The third-order valence-electron chi connectivity index (χ3n) is 3.64. The maximum atomic E-state index is 12.1. The number of hydrogen-bond donors (Lipinski definition) is 1. The molecule has 0 aromatic heterocycles. The number of rotatable bonds is 4. The van der Waals surface area contributed by atoms with Gasteiger partial charge in [0.15, 0.2) is 6.61 Å². The van der Waals surface area contributed by atoms with Gasteiger partial charge >= 0.3 is 0 Å². The van der Waals surface area contributed by atoms with Crippen LogP contribution in [0.4, 0.5) is 0 Å². The van der Waals surface area contributed by atoms with Gasteiger partial charge in [0, 0.05) is 30.5 Å². The number of piperidine rings is 1. The maximum absolute atomic E-state index is 12.1. The third kappa shape index (κ3) is 4.46. The summed E-state index contributed by atoms with van der Waals surface area (Å²) in [5, 5.41) is 2.66. The van der Waals surface area contributed by atoms with E-state index in [1.165, 1.54) is 0 Å². The normalized spacial score (nSPS) is 15.6. The zero-order valence-electron chi connectivity index (χ0n) is 12.0. The first-order chi connectivity index (χ1) is 10.1. The first-order valence-corrected chi connectivity index (χ1v) is 7.77. The minimum absolute atomic E-state index is 0.0199. The largest absolute Gasteiger partial charge is 0.484 e. The predicted molar refractivity (Wildman–Crippen MR) is 83.0 cm³/mol. The second-order valence-corrected chi connectivity index (χ2v) is 5.93. The number of amides is 2. The van der Waals surface area contributed by atoms with E-state index in [0.717, 1.165) is 4.47 Å². The Hall–Kier alpha value is -1.56. The zero-order chi connectivity index (χ0) is 15.2. The van der Waals surface area contributed by atoms with E-state index >= 15 is 0 Å². The molecule has 1 aromatic rings. The standard InChI is InChI=1S/C15H19BrN2O3/c1-17-15(20)11-6-8-18(9-7-11)14(19)10-21-13-4-2-12(16)3-5-13/h2-5,11H,6-10H2,1H3,(H,17,20). The van der Waals surface area contributed by atoms with Gasteiger partial charge in [-0.05, 0) is 37.1 Å². The molecule has 1 N–H and O–H groups in total. The Morgan fingerprint density at radius 3 is 2.48 bits per heavy atom. The lowest BCUT2D eigenvalue weighted by molar-refractivity contribution is -0.137. The van der Waals surface area contributed by atoms with Crippen LogP contribution in [0.3, 0.4) is 0 Å². The Labute approximate surface area is 132 Å². The molecule has 1 aliphatic heterocycles. The van der Waals surface area contributed by atoms with Crippen LogP contribution in [0.1, 0.15) is 12.8 Å². The number of benzene rings is 1. The number of carbonyl (C=O) groups is 2. The second-order valence-electron chi connectivity index (χ2n) is 5.01. The zero-order valence-corrected chi connectivity index (χ0v) is 13.6. The Morgan fingerprint density at radius 2 is 1.90 bits per heavy atom. The van der Waals surface area contributed by atoms with E-state index in [-0.39, 0.29) is 24.3 Å². The molecule has 114 valence electrons. The van der Waals surface area contributed by atoms with E-state index in [0.29, 0.717) is 31.7 Å². The van der Waals surface area contributed by atoms with E-state index in [2.05, 4.69) is 21.2 Å². The number of nitrogens with one attached hydrogen (secondary N) is 1. The number of likely N-dealkylation sites (tertiary alicyclic amines) is 1. The molecule has 1 heterocycles. The van der Waals surface area contributed by atoms with Crippen LogP contribution >= 0.6 is 15.9 Å². The van der Waals surface area contributed by atoms with Crippen molar-refractivity contribution in [1.82, 2.24) is 10.2 Å². The van der Waals surface area contributed by atoms with Crippen molar-refractivity contribution in [3.05, 3.63) is 28.7 Å². The molecule has 0 radical (unpaired) electrons. The summed E-state index contributed by atoms with van der Waals surface area (Å²) in [7, 11) is 1.64. The van der Waals surface area contributed by atoms with E-state index in [1.54, 1.807) is 11.9 Å². The molecule has 2 rings (SSSR count). The molecule has 0 unspecified atom stereocenters. The van der Waals surface area contributed by atoms with Crippen LogP contribution < -0.4 is 10.1 Å². The van der Waals surface area contributed by atoms with Gasteiger partial charge in [-0.1, -0.05) is 15.9 Å². The monoisotopic (exact) mass is 354 g/mol. The van der Waals surface area contributed by atoms with Gasteiger partial charge in [-0.15, -0.1) is 0 Å². The summed E-state index contributed by atoms with van der Waals surface area (Å²) >= 11 is 3.35. The van der Waals surface area contributed by atoms with E-state index in [4.69, 9.17) is 4.74 Å². The molecule has 0 spiro atoms. The molecule has 6 heteroatoms. The molecule has 5 nitrogen and oxygen atoms in total. The third-order valence-corrected chi connectivity index (χ3v) is 4.17. The highest BCUT2D eigenvalue weighted by Gasteiger charge is 2.26. The number of carbonyl (C=O) groups excluding carboxylic acids is 2. The molecular weight excluding hydrogens is 336 g/mol. The first kappa shape index (κ1) is 15.8. The van der Waals surface area contributed by atoms with Gasteiger partial charge in [-0.2, -0.15) is 0 Å². The molecular formula is C15H19BrN2O3. The van der Waals surface area contributed by atoms with Crippen LogP contribution in [-0.2, 0) is 9.59 Å².